The van der Waals surface area contributed by atoms with Crippen LogP contribution in [-0.2, 0) is 12.0 Å². The van der Waals surface area contributed by atoms with Crippen LogP contribution >= 0.6 is 0 Å². The van der Waals surface area contributed by atoms with E-state index >= 15 is 0 Å². The fraction of sp³-hybridized carbons (Fsp3) is 0.600. The van der Waals surface area contributed by atoms with Crippen molar-refractivity contribution in [3.8, 4) is 0 Å². The summed E-state index contributed by atoms with van der Waals surface area (Å²) < 4.78 is 5.30. The standard InChI is InChI=1S/C10H15NO2/c1-7-2-3-8-4-5-13-9(8)10(7,12)6-11/h4-5,7,12H,2-3,6,11H2,1H3. The smallest absolute Gasteiger partial charge is 0.140 e. The lowest BCUT2D eigenvalue weighted by Crippen LogP contribution is -2.43. The first-order chi connectivity index (χ1) is 6.18. The van der Waals surface area contributed by atoms with Crippen LogP contribution in [-0.4, -0.2) is 11.7 Å². The maximum atomic E-state index is 10.3. The molecule has 0 aliphatic heterocycles. The van der Waals surface area contributed by atoms with Gasteiger partial charge in [-0.25, -0.2) is 0 Å². The van der Waals surface area contributed by atoms with Gasteiger partial charge in [-0.3, -0.25) is 0 Å². The predicted molar refractivity (Wildman–Crippen MR) is 49.1 cm³/mol. The summed E-state index contributed by atoms with van der Waals surface area (Å²) in [5.74, 6) is 0.852. The highest BCUT2D eigenvalue weighted by Gasteiger charge is 2.41. The Hall–Kier alpha value is -0.800. The quantitative estimate of drug-likeness (QED) is 0.679. The van der Waals surface area contributed by atoms with Gasteiger partial charge in [0.2, 0.25) is 0 Å². The van der Waals surface area contributed by atoms with E-state index in [1.807, 2.05) is 13.0 Å². The molecule has 0 spiro atoms. The zero-order chi connectivity index (χ0) is 9.47. The van der Waals surface area contributed by atoms with Gasteiger partial charge in [0.15, 0.2) is 0 Å². The van der Waals surface area contributed by atoms with Gasteiger partial charge in [-0.1, -0.05) is 6.92 Å². The largest absolute Gasteiger partial charge is 0.466 e. The van der Waals surface area contributed by atoms with Crippen molar-refractivity contribution in [1.82, 2.24) is 0 Å². The van der Waals surface area contributed by atoms with Crippen molar-refractivity contribution < 1.29 is 9.52 Å². The molecule has 3 N–H and O–H groups in total. The van der Waals surface area contributed by atoms with Crippen molar-refractivity contribution >= 4 is 0 Å². The molecule has 2 rings (SSSR count). The summed E-state index contributed by atoms with van der Waals surface area (Å²) in [6, 6.07) is 1.92. The van der Waals surface area contributed by atoms with E-state index in [0.717, 1.165) is 18.4 Å². The van der Waals surface area contributed by atoms with Crippen molar-refractivity contribution in [3.05, 3.63) is 23.7 Å². The highest BCUT2D eigenvalue weighted by Crippen LogP contribution is 2.39. The fourth-order valence-electron chi connectivity index (χ4n) is 2.04. The second kappa shape index (κ2) is 2.86. The molecule has 1 heterocycles. The molecule has 0 amide bonds. The Morgan fingerprint density at radius 2 is 2.54 bits per heavy atom. The zero-order valence-corrected chi connectivity index (χ0v) is 7.79. The molecule has 1 aromatic rings. The molecule has 13 heavy (non-hydrogen) atoms. The van der Waals surface area contributed by atoms with Crippen molar-refractivity contribution in [2.45, 2.75) is 25.4 Å². The summed E-state index contributed by atoms with van der Waals surface area (Å²) in [6.45, 7) is 2.24. The van der Waals surface area contributed by atoms with Gasteiger partial charge in [0.05, 0.1) is 6.26 Å². The van der Waals surface area contributed by atoms with Gasteiger partial charge in [-0.15, -0.1) is 0 Å². The minimum Gasteiger partial charge on any atom is -0.466 e. The Balaban J connectivity index is 2.47. The van der Waals surface area contributed by atoms with Gasteiger partial charge in [0, 0.05) is 6.54 Å². The monoisotopic (exact) mass is 181 g/mol. The SMILES string of the molecule is CC1CCc2ccoc2C1(O)CN. The maximum absolute atomic E-state index is 10.3. The van der Waals surface area contributed by atoms with Crippen LogP contribution in [0.5, 0.6) is 0 Å². The van der Waals surface area contributed by atoms with Crippen LogP contribution in [0.15, 0.2) is 16.7 Å². The normalized spacial score (nSPS) is 33.0. The van der Waals surface area contributed by atoms with E-state index in [1.165, 1.54) is 0 Å². The molecule has 0 aromatic carbocycles. The van der Waals surface area contributed by atoms with Crippen LogP contribution in [0.4, 0.5) is 0 Å². The molecule has 1 aromatic heterocycles. The van der Waals surface area contributed by atoms with Crippen LogP contribution < -0.4 is 5.73 Å². The molecule has 0 fully saturated rings. The second-order valence-electron chi connectivity index (χ2n) is 3.84. The van der Waals surface area contributed by atoms with Gasteiger partial charge < -0.3 is 15.3 Å². The molecule has 3 nitrogen and oxygen atoms in total. The summed E-state index contributed by atoms with van der Waals surface area (Å²) in [6.07, 6.45) is 3.58. The van der Waals surface area contributed by atoms with E-state index in [4.69, 9.17) is 10.2 Å². The molecule has 0 bridgehead atoms. The van der Waals surface area contributed by atoms with Crippen LogP contribution in [0.2, 0.25) is 0 Å². The average molecular weight is 181 g/mol. The number of aliphatic hydroxyl groups is 1. The average Bonchev–Trinajstić information content (AvgIpc) is 2.60. The molecule has 0 saturated heterocycles. The van der Waals surface area contributed by atoms with E-state index in [-0.39, 0.29) is 12.5 Å². The number of rotatable bonds is 1. The first kappa shape index (κ1) is 8.78. The van der Waals surface area contributed by atoms with Crippen molar-refractivity contribution in [1.29, 1.82) is 0 Å². The van der Waals surface area contributed by atoms with Crippen molar-refractivity contribution in [3.63, 3.8) is 0 Å². The van der Waals surface area contributed by atoms with Crippen molar-refractivity contribution in [2.75, 3.05) is 6.54 Å². The molecule has 0 saturated carbocycles. The van der Waals surface area contributed by atoms with E-state index in [0.29, 0.717) is 5.76 Å². The molecule has 1 aliphatic rings. The molecular weight excluding hydrogens is 166 g/mol. The molecule has 2 atom stereocenters. The fourth-order valence-corrected chi connectivity index (χ4v) is 2.04. The summed E-state index contributed by atoms with van der Waals surface area (Å²) in [4.78, 5) is 0. The van der Waals surface area contributed by atoms with E-state index in [9.17, 15) is 5.11 Å². The lowest BCUT2D eigenvalue weighted by Gasteiger charge is -2.35. The van der Waals surface area contributed by atoms with Crippen LogP contribution in [0, 0.1) is 5.92 Å². The summed E-state index contributed by atoms with van der Waals surface area (Å²) in [7, 11) is 0. The van der Waals surface area contributed by atoms with E-state index in [1.54, 1.807) is 6.26 Å². The topological polar surface area (TPSA) is 59.4 Å². The van der Waals surface area contributed by atoms with Crippen LogP contribution in [0.25, 0.3) is 0 Å². The van der Waals surface area contributed by atoms with Gasteiger partial charge in [0.1, 0.15) is 11.4 Å². The first-order valence-corrected chi connectivity index (χ1v) is 4.68. The molecule has 1 aliphatic carbocycles. The highest BCUT2D eigenvalue weighted by atomic mass is 16.4. The third kappa shape index (κ3) is 1.11. The molecule has 2 unspecified atom stereocenters. The third-order valence-corrected chi connectivity index (χ3v) is 3.11. The minimum atomic E-state index is -0.947. The Kier molecular flexibility index (Phi) is 1.93. The van der Waals surface area contributed by atoms with Gasteiger partial charge in [-0.2, -0.15) is 0 Å². The second-order valence-corrected chi connectivity index (χ2v) is 3.84. The minimum absolute atomic E-state index is 0.177. The lowest BCUT2D eigenvalue weighted by molar-refractivity contribution is -0.0381. The molecule has 3 heteroatoms. The Bertz CT molecular complexity index is 308. The van der Waals surface area contributed by atoms with E-state index in [2.05, 4.69) is 0 Å². The highest BCUT2D eigenvalue weighted by molar-refractivity contribution is 5.27. The molecule has 72 valence electrons. The Morgan fingerprint density at radius 1 is 1.77 bits per heavy atom. The molecular formula is C10H15NO2. The number of furan rings is 1. The van der Waals surface area contributed by atoms with Crippen LogP contribution in [0.1, 0.15) is 24.7 Å². The summed E-state index contributed by atoms with van der Waals surface area (Å²) in [5, 5.41) is 10.3. The van der Waals surface area contributed by atoms with E-state index < -0.39 is 5.60 Å². The predicted octanol–water partition coefficient (Wildman–Crippen LogP) is 1.01. The van der Waals surface area contributed by atoms with Gasteiger partial charge in [0.25, 0.3) is 0 Å². The number of hydrogen-bond donors (Lipinski definition) is 2. The summed E-state index contributed by atoms with van der Waals surface area (Å²) in [5.41, 5.74) is 5.75. The Morgan fingerprint density at radius 3 is 3.23 bits per heavy atom. The molecule has 0 radical (unpaired) electrons. The Labute approximate surface area is 77.5 Å². The van der Waals surface area contributed by atoms with Crippen molar-refractivity contribution in [2.24, 2.45) is 11.7 Å². The first-order valence-electron chi connectivity index (χ1n) is 4.68. The zero-order valence-electron chi connectivity index (χ0n) is 7.79. The lowest BCUT2D eigenvalue weighted by atomic mass is 9.76. The maximum Gasteiger partial charge on any atom is 0.140 e. The van der Waals surface area contributed by atoms with Gasteiger partial charge in [-0.05, 0) is 30.4 Å². The summed E-state index contributed by atoms with van der Waals surface area (Å²) >= 11 is 0. The number of hydrogen-bond acceptors (Lipinski definition) is 3. The number of aryl methyl sites for hydroxylation is 1. The van der Waals surface area contributed by atoms with Gasteiger partial charge >= 0.3 is 0 Å². The third-order valence-electron chi connectivity index (χ3n) is 3.11. The number of fused-ring (bicyclic) bond motifs is 1. The number of nitrogens with two attached hydrogens (primary N) is 1. The van der Waals surface area contributed by atoms with Crippen LogP contribution in [0.3, 0.4) is 0 Å².